The Morgan fingerprint density at radius 1 is 0.500 bits per heavy atom. The van der Waals surface area contributed by atoms with E-state index in [0.717, 1.165) is 79.3 Å². The van der Waals surface area contributed by atoms with Crippen LogP contribution in [0, 0.1) is 34.0 Å². The van der Waals surface area contributed by atoms with Gasteiger partial charge in [0.15, 0.2) is 0 Å². The molecule has 0 fully saturated rings. The number of oxazole rings is 1. The van der Waals surface area contributed by atoms with Gasteiger partial charge in [-0.2, -0.15) is 13.2 Å². The van der Waals surface area contributed by atoms with Crippen molar-refractivity contribution in [3.63, 3.8) is 0 Å². The lowest BCUT2D eigenvalue weighted by atomic mass is 9.88. The van der Waals surface area contributed by atoms with E-state index < -0.39 is 11.7 Å². The smallest absolute Gasteiger partial charge is 0.416 e. The van der Waals surface area contributed by atoms with Gasteiger partial charge in [0.25, 0.3) is 0 Å². The van der Waals surface area contributed by atoms with Crippen LogP contribution < -0.4 is 0 Å². The Labute approximate surface area is 447 Å². The van der Waals surface area contributed by atoms with Gasteiger partial charge in [-0.1, -0.05) is 196 Å². The van der Waals surface area contributed by atoms with Crippen LogP contribution in [0.4, 0.5) is 13.2 Å². The standard InChI is InChI=1S/C16H21NO.C14H19N.C13H21N.C12H15F3.C12H18/c1-12-14(10-11-16(2,3)4)17-15(18-12)13-8-6-5-7-9-13;1-14(2,3)9-11-15-10-8-12-6-4-5-7-13(12)15;1-5-12-7-6-11(10-14-12)8-9-13(2,3)4;1-11(2,3)8-9-4-6-10(7-5-9)12(13,14)15;1-12(2,3)10-9-11-7-5-4-6-8-11/h5-9H,10-11H2,1-4H3;4-8,10H,9,11H2,1-3H3;6-7,10H,5,8-9H2,1-4H3;4-7H,8H2,1-3H3;4-8H,9-10H2,1-3H3. The first-order valence-electron chi connectivity index (χ1n) is 27.0. The minimum atomic E-state index is -4.24. The van der Waals surface area contributed by atoms with Gasteiger partial charge < -0.3 is 8.98 Å². The van der Waals surface area contributed by atoms with Crippen molar-refractivity contribution in [2.45, 2.75) is 188 Å². The molecule has 0 amide bonds. The number of alkyl halides is 3. The topological polar surface area (TPSA) is 43.9 Å². The van der Waals surface area contributed by atoms with E-state index in [4.69, 9.17) is 4.42 Å². The Balaban J connectivity index is 0.000000245. The lowest BCUT2D eigenvalue weighted by molar-refractivity contribution is -0.137. The van der Waals surface area contributed by atoms with Crippen LogP contribution in [0.1, 0.15) is 176 Å². The summed E-state index contributed by atoms with van der Waals surface area (Å²) in [6, 6.07) is 41.2. The molecule has 0 aliphatic heterocycles. The van der Waals surface area contributed by atoms with Crippen molar-refractivity contribution in [2.75, 3.05) is 0 Å². The Morgan fingerprint density at radius 3 is 1.50 bits per heavy atom. The quantitative estimate of drug-likeness (QED) is 0.130. The average Bonchev–Trinajstić information content (AvgIpc) is 3.91. The normalized spacial score (nSPS) is 12.1. The Morgan fingerprint density at radius 2 is 1.00 bits per heavy atom. The molecule has 3 aromatic heterocycles. The highest BCUT2D eigenvalue weighted by atomic mass is 19.4. The molecule has 7 heteroatoms. The number of hydrogen-bond acceptors (Lipinski definition) is 3. The predicted octanol–water partition coefficient (Wildman–Crippen LogP) is 20.3. The number of pyridine rings is 1. The first-order chi connectivity index (χ1) is 34.3. The number of rotatable bonds is 11. The van der Waals surface area contributed by atoms with Crippen molar-refractivity contribution < 1.29 is 17.6 Å². The van der Waals surface area contributed by atoms with Gasteiger partial charge in [0, 0.05) is 35.7 Å². The fraction of sp³-hybridized carbons (Fsp3) is 0.493. The number of fused-ring (bicyclic) bond motifs is 1. The predicted molar refractivity (Wildman–Crippen MR) is 311 cm³/mol. The van der Waals surface area contributed by atoms with Crippen LogP contribution in [0.15, 0.2) is 144 Å². The van der Waals surface area contributed by atoms with E-state index in [0.29, 0.717) is 21.7 Å². The molecule has 4 nitrogen and oxygen atoms in total. The van der Waals surface area contributed by atoms with E-state index in [1.165, 1.54) is 53.4 Å². The molecule has 0 bridgehead atoms. The van der Waals surface area contributed by atoms with Gasteiger partial charge in [-0.05, 0) is 156 Å². The zero-order chi connectivity index (χ0) is 55.4. The van der Waals surface area contributed by atoms with E-state index in [1.807, 2.05) is 43.5 Å². The van der Waals surface area contributed by atoms with Crippen molar-refractivity contribution >= 4 is 10.9 Å². The summed E-state index contributed by atoms with van der Waals surface area (Å²) in [6.45, 7) is 38.7. The minimum absolute atomic E-state index is 0.0970. The second-order valence-electron chi connectivity index (χ2n) is 25.9. The maximum absolute atomic E-state index is 12.3. The molecular formula is C67H94F3N3O. The monoisotopic (exact) mass is 1010 g/mol. The third kappa shape index (κ3) is 26.7. The summed E-state index contributed by atoms with van der Waals surface area (Å²) < 4.78 is 44.9. The zero-order valence-corrected chi connectivity index (χ0v) is 48.7. The van der Waals surface area contributed by atoms with Crippen molar-refractivity contribution in [1.29, 1.82) is 0 Å². The highest BCUT2D eigenvalue weighted by molar-refractivity contribution is 5.79. The van der Waals surface area contributed by atoms with Gasteiger partial charge in [-0.15, -0.1) is 0 Å². The maximum atomic E-state index is 12.3. The van der Waals surface area contributed by atoms with Gasteiger partial charge in [0.2, 0.25) is 5.89 Å². The fourth-order valence-corrected chi connectivity index (χ4v) is 7.57. The van der Waals surface area contributed by atoms with Crippen molar-refractivity contribution in [2.24, 2.45) is 27.1 Å². The van der Waals surface area contributed by atoms with Crippen LogP contribution in [0.2, 0.25) is 0 Å². The van der Waals surface area contributed by atoms with Gasteiger partial charge in [0.1, 0.15) is 5.76 Å². The summed E-state index contributed by atoms with van der Waals surface area (Å²) in [4.78, 5) is 9.01. The van der Waals surface area contributed by atoms with Crippen LogP contribution in [-0.4, -0.2) is 14.5 Å². The molecule has 0 unspecified atom stereocenters. The molecule has 3 heterocycles. The second-order valence-corrected chi connectivity index (χ2v) is 25.9. The summed E-state index contributed by atoms with van der Waals surface area (Å²) in [6.07, 6.45) is 9.92. The summed E-state index contributed by atoms with van der Waals surface area (Å²) in [5.41, 5.74) is 9.54. The van der Waals surface area contributed by atoms with Crippen LogP contribution in [0.25, 0.3) is 22.4 Å². The molecular weight excluding hydrogens is 920 g/mol. The number of para-hydroxylation sites is 1. The van der Waals surface area contributed by atoms with Crippen molar-refractivity contribution in [3.8, 4) is 11.5 Å². The van der Waals surface area contributed by atoms with Crippen LogP contribution >= 0.6 is 0 Å². The Kier molecular flexibility index (Phi) is 24.2. The minimum Gasteiger partial charge on any atom is -0.441 e. The Bertz CT molecular complexity index is 2600. The molecule has 7 aromatic rings. The highest BCUT2D eigenvalue weighted by Crippen LogP contribution is 2.31. The van der Waals surface area contributed by atoms with E-state index >= 15 is 0 Å². The number of nitrogens with zero attached hydrogens (tertiary/aromatic N) is 3. The van der Waals surface area contributed by atoms with Gasteiger partial charge in [-0.25, -0.2) is 4.98 Å². The molecule has 0 spiro atoms. The second kappa shape index (κ2) is 28.5. The van der Waals surface area contributed by atoms with Gasteiger partial charge in [0.05, 0.1) is 11.3 Å². The molecule has 7 rings (SSSR count). The van der Waals surface area contributed by atoms with E-state index in [-0.39, 0.29) is 5.41 Å². The molecule has 0 aliphatic carbocycles. The number of halogens is 3. The number of benzene rings is 4. The van der Waals surface area contributed by atoms with E-state index in [9.17, 15) is 13.2 Å². The molecule has 74 heavy (non-hydrogen) atoms. The highest BCUT2D eigenvalue weighted by Gasteiger charge is 2.30. The molecule has 4 aromatic carbocycles. The molecule has 0 saturated heterocycles. The van der Waals surface area contributed by atoms with Crippen LogP contribution in [0.3, 0.4) is 0 Å². The summed E-state index contributed by atoms with van der Waals surface area (Å²) in [5.74, 6) is 1.68. The SMILES string of the molecule is CC(C)(C)CCc1ccccc1.CC(C)(C)CCn1ccc2ccccc21.CC(C)(C)Cc1ccc(C(F)(F)F)cc1.CCc1ccc(CCC(C)(C)C)cn1.Cc1oc(-c2ccccc2)nc1CCC(C)(C)C. The van der Waals surface area contributed by atoms with E-state index in [1.54, 1.807) is 12.1 Å². The van der Waals surface area contributed by atoms with Crippen molar-refractivity contribution in [3.05, 3.63) is 179 Å². The zero-order valence-electron chi connectivity index (χ0n) is 48.7. The third-order valence-corrected chi connectivity index (χ3v) is 12.2. The van der Waals surface area contributed by atoms with Crippen LogP contribution in [-0.2, 0) is 44.8 Å². The largest absolute Gasteiger partial charge is 0.441 e. The lowest BCUT2D eigenvalue weighted by Gasteiger charge is -2.18. The molecule has 0 radical (unpaired) electrons. The fourth-order valence-electron chi connectivity index (χ4n) is 7.57. The van der Waals surface area contributed by atoms with E-state index in [2.05, 4.69) is 204 Å². The number of aromatic nitrogens is 3. The Hall–Kier alpha value is -5.43. The lowest BCUT2D eigenvalue weighted by Crippen LogP contribution is -2.10. The average molecular weight is 1010 g/mol. The number of hydrogen-bond donors (Lipinski definition) is 0. The van der Waals surface area contributed by atoms with Gasteiger partial charge >= 0.3 is 6.18 Å². The number of aryl methyl sites for hydroxylation is 6. The molecule has 404 valence electrons. The molecule has 0 N–H and O–H groups in total. The maximum Gasteiger partial charge on any atom is 0.416 e. The first kappa shape index (κ1) is 62.9. The molecule has 0 saturated carbocycles. The summed E-state index contributed by atoms with van der Waals surface area (Å²) in [7, 11) is 0. The van der Waals surface area contributed by atoms with Crippen LogP contribution in [0.5, 0.6) is 0 Å². The molecule has 0 atom stereocenters. The first-order valence-corrected chi connectivity index (χ1v) is 27.0. The third-order valence-electron chi connectivity index (χ3n) is 12.2. The summed E-state index contributed by atoms with van der Waals surface area (Å²) >= 11 is 0. The van der Waals surface area contributed by atoms with Gasteiger partial charge in [-0.3, -0.25) is 4.98 Å². The molecule has 0 aliphatic rings. The summed E-state index contributed by atoms with van der Waals surface area (Å²) in [5, 5.41) is 1.34. The van der Waals surface area contributed by atoms with Crippen molar-refractivity contribution in [1.82, 2.24) is 14.5 Å².